The minimum Gasteiger partial charge on any atom is -0.494 e. The van der Waals surface area contributed by atoms with Crippen molar-refractivity contribution in [2.45, 2.75) is 4.90 Å². The van der Waals surface area contributed by atoms with Crippen LogP contribution in [0.4, 0.5) is 0 Å². The monoisotopic (exact) mass is 508 g/mol. The molecule has 34 heavy (non-hydrogen) atoms. The van der Waals surface area contributed by atoms with Gasteiger partial charge in [0.05, 0.1) is 17.8 Å². The summed E-state index contributed by atoms with van der Waals surface area (Å²) in [6.45, 7) is 1.83. The Bertz CT molecular complexity index is 1320. The lowest BCUT2D eigenvalue weighted by Gasteiger charge is -2.31. The Morgan fingerprint density at radius 3 is 2.50 bits per heavy atom. The van der Waals surface area contributed by atoms with Crippen molar-refractivity contribution in [1.82, 2.24) is 24.5 Å². The number of pyridine rings is 1. The number of primary amides is 1. The van der Waals surface area contributed by atoms with Crippen LogP contribution in [0.1, 0.15) is 10.4 Å². The van der Waals surface area contributed by atoms with E-state index >= 15 is 0 Å². The zero-order valence-corrected chi connectivity index (χ0v) is 19.9. The van der Waals surface area contributed by atoms with E-state index in [0.717, 1.165) is 0 Å². The molecule has 0 atom stereocenters. The summed E-state index contributed by atoms with van der Waals surface area (Å²) in [5.41, 5.74) is 6.55. The van der Waals surface area contributed by atoms with Crippen molar-refractivity contribution >= 4 is 45.1 Å². The number of aromatic amines is 1. The second-order valence-electron chi connectivity index (χ2n) is 7.84. The molecule has 0 bridgehead atoms. The van der Waals surface area contributed by atoms with Crippen LogP contribution in [0, 0.1) is 0 Å². The summed E-state index contributed by atoms with van der Waals surface area (Å²) in [5.74, 6) is -1.33. The Morgan fingerprint density at radius 2 is 1.88 bits per heavy atom. The minimum atomic E-state index is -3.67. The van der Waals surface area contributed by atoms with Gasteiger partial charge < -0.3 is 26.0 Å². The average Bonchev–Trinajstić information content (AvgIpc) is 3.12. The van der Waals surface area contributed by atoms with E-state index in [1.807, 2.05) is 7.05 Å². The van der Waals surface area contributed by atoms with Gasteiger partial charge in [-0.15, -0.1) is 12.4 Å². The van der Waals surface area contributed by atoms with Gasteiger partial charge in [-0.3, -0.25) is 14.6 Å². The lowest BCUT2D eigenvalue weighted by molar-refractivity contribution is -0.117. The lowest BCUT2D eigenvalue weighted by atomic mass is 10.1. The first kappa shape index (κ1) is 25.4. The molecule has 1 saturated heterocycles. The number of nitrogens with zero attached hydrogens (tertiary/aromatic N) is 3. The first-order valence-electron chi connectivity index (χ1n) is 10.2. The lowest BCUT2D eigenvalue weighted by Crippen LogP contribution is -2.47. The molecule has 4 rings (SSSR count). The summed E-state index contributed by atoms with van der Waals surface area (Å²) in [6, 6.07) is 7.68. The number of fused-ring (bicyclic) bond motifs is 1. The second kappa shape index (κ2) is 9.97. The van der Waals surface area contributed by atoms with Gasteiger partial charge in [0.1, 0.15) is 4.90 Å². The molecule has 182 valence electrons. The molecule has 0 unspecified atom stereocenters. The number of H-pyrrole nitrogens is 1. The highest BCUT2D eigenvalue weighted by Gasteiger charge is 2.28. The van der Waals surface area contributed by atoms with Crippen molar-refractivity contribution in [3.8, 4) is 17.1 Å². The van der Waals surface area contributed by atoms with E-state index in [2.05, 4.69) is 20.2 Å². The fourth-order valence-electron chi connectivity index (χ4n) is 3.71. The SMILES string of the molecule is CN1CCN(S(=O)(=O)c2ccc(-c3c(O)[nH]c4ccc(C(=O)NCC(N)=O)cc34)nc2)CC1.Cl. The molecule has 5 N–H and O–H groups in total. The maximum atomic E-state index is 12.9. The Morgan fingerprint density at radius 1 is 1.18 bits per heavy atom. The van der Waals surface area contributed by atoms with Crippen LogP contribution in [0.3, 0.4) is 0 Å². The van der Waals surface area contributed by atoms with Gasteiger partial charge >= 0.3 is 0 Å². The highest BCUT2D eigenvalue weighted by Crippen LogP contribution is 2.36. The number of halogens is 1. The van der Waals surface area contributed by atoms with Gasteiger partial charge in [0.2, 0.25) is 15.9 Å². The van der Waals surface area contributed by atoms with Crippen LogP contribution in [-0.2, 0) is 14.8 Å². The third-order valence-electron chi connectivity index (χ3n) is 5.56. The molecule has 0 aliphatic carbocycles. The number of likely N-dealkylation sites (N-methyl/N-ethyl adjacent to an activating group) is 1. The van der Waals surface area contributed by atoms with Gasteiger partial charge in [-0.05, 0) is 37.4 Å². The number of carbonyl (C=O) groups is 2. The first-order chi connectivity index (χ1) is 15.7. The molecule has 2 amide bonds. The smallest absolute Gasteiger partial charge is 0.251 e. The number of rotatable bonds is 6. The van der Waals surface area contributed by atoms with Crippen LogP contribution in [0.2, 0.25) is 0 Å². The van der Waals surface area contributed by atoms with Crippen LogP contribution in [-0.4, -0.2) is 84.3 Å². The van der Waals surface area contributed by atoms with E-state index in [4.69, 9.17) is 5.73 Å². The third kappa shape index (κ3) is 4.99. The van der Waals surface area contributed by atoms with Gasteiger partial charge in [0.25, 0.3) is 5.91 Å². The molecule has 0 spiro atoms. The molecular formula is C21H25ClN6O5S. The standard InChI is InChI=1S/C21H24N6O5S.ClH/c1-26-6-8-27(9-7-26)33(31,32)14-3-5-17(23-11-14)19-15-10-13(20(29)24-12-18(22)28)2-4-16(15)25-21(19)30;/h2-5,10-11,25,30H,6-9,12H2,1H3,(H2,22,28)(H,24,29);1H. The number of sulfonamides is 1. The number of amides is 2. The van der Waals surface area contributed by atoms with Crippen LogP contribution in [0.5, 0.6) is 5.88 Å². The summed E-state index contributed by atoms with van der Waals surface area (Å²) < 4.78 is 27.3. The van der Waals surface area contributed by atoms with Crippen molar-refractivity contribution in [3.63, 3.8) is 0 Å². The van der Waals surface area contributed by atoms with Crippen molar-refractivity contribution in [1.29, 1.82) is 0 Å². The molecule has 2 aromatic heterocycles. The summed E-state index contributed by atoms with van der Waals surface area (Å²) >= 11 is 0. The van der Waals surface area contributed by atoms with E-state index in [0.29, 0.717) is 48.3 Å². The number of carbonyl (C=O) groups excluding carboxylic acids is 2. The molecule has 0 radical (unpaired) electrons. The highest BCUT2D eigenvalue weighted by atomic mass is 35.5. The van der Waals surface area contributed by atoms with Gasteiger partial charge in [-0.1, -0.05) is 0 Å². The molecule has 3 aromatic rings. The Labute approximate surface area is 202 Å². The van der Waals surface area contributed by atoms with Crippen molar-refractivity contribution in [2.24, 2.45) is 5.73 Å². The number of hydrogen-bond donors (Lipinski definition) is 4. The zero-order chi connectivity index (χ0) is 23.8. The number of nitrogens with two attached hydrogens (primary N) is 1. The maximum absolute atomic E-state index is 12.9. The van der Waals surface area contributed by atoms with Crippen molar-refractivity contribution in [3.05, 3.63) is 42.1 Å². The van der Waals surface area contributed by atoms with E-state index in [1.165, 1.54) is 28.7 Å². The van der Waals surface area contributed by atoms with Crippen molar-refractivity contribution < 1.29 is 23.1 Å². The quantitative estimate of drug-likeness (QED) is 0.377. The average molecular weight is 509 g/mol. The number of benzene rings is 1. The molecule has 1 fully saturated rings. The van der Waals surface area contributed by atoms with E-state index < -0.39 is 21.8 Å². The topological polar surface area (TPSA) is 162 Å². The highest BCUT2D eigenvalue weighted by molar-refractivity contribution is 7.89. The predicted octanol–water partition coefficient (Wildman–Crippen LogP) is 0.509. The van der Waals surface area contributed by atoms with E-state index in [9.17, 15) is 23.1 Å². The van der Waals surface area contributed by atoms with E-state index in [-0.39, 0.29) is 35.3 Å². The Balaban J connectivity index is 0.00000324. The largest absolute Gasteiger partial charge is 0.494 e. The Hall–Kier alpha value is -3.19. The fraction of sp³-hybridized carbons (Fsp3) is 0.286. The summed E-state index contributed by atoms with van der Waals surface area (Å²) in [6.07, 6.45) is 1.27. The van der Waals surface area contributed by atoms with Crippen molar-refractivity contribution in [2.75, 3.05) is 39.8 Å². The van der Waals surface area contributed by atoms with Crippen LogP contribution >= 0.6 is 12.4 Å². The first-order valence-corrected chi connectivity index (χ1v) is 11.7. The zero-order valence-electron chi connectivity index (χ0n) is 18.3. The predicted molar refractivity (Wildman–Crippen MR) is 128 cm³/mol. The van der Waals surface area contributed by atoms with Gasteiger partial charge in [-0.2, -0.15) is 4.31 Å². The summed E-state index contributed by atoms with van der Waals surface area (Å²) in [7, 11) is -1.73. The van der Waals surface area contributed by atoms with Gasteiger partial charge in [0.15, 0.2) is 5.88 Å². The molecule has 0 saturated carbocycles. The third-order valence-corrected chi connectivity index (χ3v) is 7.44. The molecule has 3 heterocycles. The van der Waals surface area contributed by atoms with Crippen LogP contribution in [0.15, 0.2) is 41.4 Å². The molecular weight excluding hydrogens is 484 g/mol. The minimum absolute atomic E-state index is 0. The molecule has 1 aliphatic rings. The maximum Gasteiger partial charge on any atom is 0.251 e. The normalized spacial score (nSPS) is 15.1. The van der Waals surface area contributed by atoms with Gasteiger partial charge in [-0.25, -0.2) is 8.42 Å². The van der Waals surface area contributed by atoms with E-state index in [1.54, 1.807) is 12.1 Å². The number of piperazine rings is 1. The molecule has 1 aromatic carbocycles. The van der Waals surface area contributed by atoms with Crippen LogP contribution in [0.25, 0.3) is 22.2 Å². The molecule has 13 heteroatoms. The molecule has 11 nitrogen and oxygen atoms in total. The molecule has 1 aliphatic heterocycles. The second-order valence-corrected chi connectivity index (χ2v) is 9.78. The summed E-state index contributed by atoms with van der Waals surface area (Å²) in [4.78, 5) is 32.4. The number of aromatic nitrogens is 2. The summed E-state index contributed by atoms with van der Waals surface area (Å²) in [5, 5.41) is 13.4. The number of aromatic hydroxyl groups is 1. The Kier molecular flexibility index (Phi) is 7.46. The number of nitrogens with one attached hydrogen (secondary N) is 2. The van der Waals surface area contributed by atoms with Crippen LogP contribution < -0.4 is 11.1 Å². The van der Waals surface area contributed by atoms with Gasteiger partial charge in [0, 0.05) is 48.8 Å². The number of hydrogen-bond acceptors (Lipinski definition) is 7. The fourth-order valence-corrected chi connectivity index (χ4v) is 5.07.